The molecule has 1 amide bonds. The first-order valence-corrected chi connectivity index (χ1v) is 10.1. The second kappa shape index (κ2) is 8.30. The van der Waals surface area contributed by atoms with Gasteiger partial charge in [-0.25, -0.2) is 4.39 Å². The van der Waals surface area contributed by atoms with Crippen LogP contribution in [-0.2, 0) is 0 Å². The van der Waals surface area contributed by atoms with Gasteiger partial charge in [-0.15, -0.1) is 0 Å². The summed E-state index contributed by atoms with van der Waals surface area (Å²) >= 11 is 18.2. The molecule has 0 aliphatic carbocycles. The average molecular weight is 455 g/mol. The van der Waals surface area contributed by atoms with Gasteiger partial charge in [0.2, 0.25) is 11.7 Å². The summed E-state index contributed by atoms with van der Waals surface area (Å²) in [5.74, 6) is 0.00200. The standard InChI is InChI=1S/C20H15Cl3FN3O2/c21-12-9-14(22)17(15(23)10-12)20(28)27-7-5-11(6-8-27)19-25-18(26-29-19)13-3-1-2-4-16(13)24/h1-4,9-11H,5-8H2. The average Bonchev–Trinajstić information content (AvgIpc) is 3.17. The number of aromatic nitrogens is 2. The number of carbonyl (C=O) groups excluding carboxylic acids is 1. The van der Waals surface area contributed by atoms with E-state index in [4.69, 9.17) is 39.3 Å². The van der Waals surface area contributed by atoms with Crippen molar-refractivity contribution in [1.82, 2.24) is 15.0 Å². The van der Waals surface area contributed by atoms with E-state index in [2.05, 4.69) is 10.1 Å². The topological polar surface area (TPSA) is 59.2 Å². The van der Waals surface area contributed by atoms with Crippen LogP contribution in [0.4, 0.5) is 4.39 Å². The minimum absolute atomic E-state index is 0.0109. The van der Waals surface area contributed by atoms with E-state index in [1.165, 1.54) is 18.2 Å². The molecule has 0 radical (unpaired) electrons. The van der Waals surface area contributed by atoms with E-state index >= 15 is 0 Å². The predicted octanol–water partition coefficient (Wildman–Crippen LogP) is 5.86. The van der Waals surface area contributed by atoms with Crippen LogP contribution in [0.1, 0.15) is 35.0 Å². The van der Waals surface area contributed by atoms with Crippen LogP contribution in [0.3, 0.4) is 0 Å². The molecule has 0 N–H and O–H groups in total. The third kappa shape index (κ3) is 4.10. The van der Waals surface area contributed by atoms with Gasteiger partial charge >= 0.3 is 0 Å². The Balaban J connectivity index is 1.45. The second-order valence-electron chi connectivity index (χ2n) is 6.75. The van der Waals surface area contributed by atoms with Crippen molar-refractivity contribution in [2.24, 2.45) is 0 Å². The Hall–Kier alpha value is -2.15. The van der Waals surface area contributed by atoms with Crippen molar-refractivity contribution < 1.29 is 13.7 Å². The molecule has 0 bridgehead atoms. The Kier molecular flexibility index (Phi) is 5.76. The van der Waals surface area contributed by atoms with Crippen molar-refractivity contribution in [3.63, 3.8) is 0 Å². The molecule has 2 heterocycles. The molecule has 1 aliphatic rings. The first kappa shape index (κ1) is 20.1. The van der Waals surface area contributed by atoms with Crippen LogP contribution in [-0.4, -0.2) is 34.0 Å². The normalized spacial score (nSPS) is 15.0. The SMILES string of the molecule is O=C(c1c(Cl)cc(Cl)cc1Cl)N1CCC(c2nc(-c3ccccc3F)no2)CC1. The van der Waals surface area contributed by atoms with Gasteiger partial charge in [0.25, 0.3) is 5.91 Å². The zero-order chi connectivity index (χ0) is 20.5. The number of amides is 1. The maximum atomic E-state index is 13.9. The van der Waals surface area contributed by atoms with Crippen LogP contribution in [0.15, 0.2) is 40.9 Å². The third-order valence-corrected chi connectivity index (χ3v) is 5.72. The third-order valence-electron chi connectivity index (χ3n) is 4.91. The number of halogens is 4. The van der Waals surface area contributed by atoms with Gasteiger partial charge in [-0.1, -0.05) is 52.1 Å². The lowest BCUT2D eigenvalue weighted by Gasteiger charge is -2.30. The first-order valence-electron chi connectivity index (χ1n) is 8.96. The number of carbonyl (C=O) groups is 1. The fourth-order valence-electron chi connectivity index (χ4n) is 3.39. The van der Waals surface area contributed by atoms with Crippen LogP contribution >= 0.6 is 34.8 Å². The molecule has 1 aromatic heterocycles. The van der Waals surface area contributed by atoms with Crippen molar-refractivity contribution in [2.45, 2.75) is 18.8 Å². The van der Waals surface area contributed by atoms with E-state index in [-0.39, 0.29) is 33.3 Å². The Labute approximate surface area is 181 Å². The Morgan fingerprint density at radius 3 is 2.41 bits per heavy atom. The summed E-state index contributed by atoms with van der Waals surface area (Å²) < 4.78 is 19.3. The monoisotopic (exact) mass is 453 g/mol. The Morgan fingerprint density at radius 2 is 1.76 bits per heavy atom. The Bertz CT molecular complexity index is 1040. The largest absolute Gasteiger partial charge is 0.339 e. The van der Waals surface area contributed by atoms with Crippen LogP contribution in [0.5, 0.6) is 0 Å². The van der Waals surface area contributed by atoms with Crippen LogP contribution in [0.2, 0.25) is 15.1 Å². The number of hydrogen-bond donors (Lipinski definition) is 0. The molecule has 150 valence electrons. The number of hydrogen-bond acceptors (Lipinski definition) is 4. The highest BCUT2D eigenvalue weighted by Gasteiger charge is 2.30. The van der Waals surface area contributed by atoms with Gasteiger partial charge in [0, 0.05) is 24.0 Å². The zero-order valence-corrected chi connectivity index (χ0v) is 17.3. The van der Waals surface area contributed by atoms with E-state index in [1.54, 1.807) is 23.1 Å². The molecule has 5 nitrogen and oxygen atoms in total. The molecule has 1 aliphatic heterocycles. The number of likely N-dealkylation sites (tertiary alicyclic amines) is 1. The smallest absolute Gasteiger partial charge is 0.256 e. The first-order chi connectivity index (χ1) is 13.9. The molecule has 0 spiro atoms. The highest BCUT2D eigenvalue weighted by atomic mass is 35.5. The molecule has 0 unspecified atom stereocenters. The molecule has 9 heteroatoms. The van der Waals surface area contributed by atoms with E-state index in [9.17, 15) is 9.18 Å². The lowest BCUT2D eigenvalue weighted by atomic mass is 9.96. The van der Waals surface area contributed by atoms with E-state index in [1.807, 2.05) is 0 Å². The van der Waals surface area contributed by atoms with Crippen molar-refractivity contribution in [3.05, 3.63) is 68.7 Å². The van der Waals surface area contributed by atoms with E-state index < -0.39 is 5.82 Å². The number of nitrogens with zero attached hydrogens (tertiary/aromatic N) is 3. The highest BCUT2D eigenvalue weighted by molar-refractivity contribution is 6.42. The van der Waals surface area contributed by atoms with Crippen molar-refractivity contribution >= 4 is 40.7 Å². The molecule has 1 fully saturated rings. The van der Waals surface area contributed by atoms with Gasteiger partial charge < -0.3 is 9.42 Å². The molecule has 0 atom stereocenters. The molecule has 0 saturated carbocycles. The zero-order valence-electron chi connectivity index (χ0n) is 15.0. The van der Waals surface area contributed by atoms with Gasteiger partial charge in [0.05, 0.1) is 21.2 Å². The number of piperidine rings is 1. The molecule has 2 aromatic carbocycles. The van der Waals surface area contributed by atoms with Gasteiger partial charge in [-0.2, -0.15) is 4.98 Å². The number of rotatable bonds is 3. The lowest BCUT2D eigenvalue weighted by molar-refractivity contribution is 0.0705. The maximum absolute atomic E-state index is 13.9. The summed E-state index contributed by atoms with van der Waals surface area (Å²) in [6.45, 7) is 0.965. The minimum atomic E-state index is -0.406. The van der Waals surface area contributed by atoms with Gasteiger partial charge in [-0.3, -0.25) is 4.79 Å². The summed E-state index contributed by atoms with van der Waals surface area (Å²) in [5, 5.41) is 4.72. The van der Waals surface area contributed by atoms with E-state index in [0.29, 0.717) is 42.4 Å². The predicted molar refractivity (Wildman–Crippen MR) is 109 cm³/mol. The van der Waals surface area contributed by atoms with Crippen LogP contribution in [0.25, 0.3) is 11.4 Å². The van der Waals surface area contributed by atoms with Crippen LogP contribution in [0, 0.1) is 5.82 Å². The summed E-state index contributed by atoms with van der Waals surface area (Å²) in [6.07, 6.45) is 1.26. The molecule has 4 rings (SSSR count). The fraction of sp³-hybridized carbons (Fsp3) is 0.250. The molecule has 1 saturated heterocycles. The van der Waals surface area contributed by atoms with E-state index in [0.717, 1.165) is 0 Å². The minimum Gasteiger partial charge on any atom is -0.339 e. The summed E-state index contributed by atoms with van der Waals surface area (Å²) in [7, 11) is 0. The quantitative estimate of drug-likeness (QED) is 0.498. The van der Waals surface area contributed by atoms with Crippen LogP contribution < -0.4 is 0 Å². The summed E-state index contributed by atoms with van der Waals surface area (Å²) in [5.41, 5.74) is 0.540. The lowest BCUT2D eigenvalue weighted by Crippen LogP contribution is -2.38. The highest BCUT2D eigenvalue weighted by Crippen LogP contribution is 2.33. The Morgan fingerprint density at radius 1 is 1.10 bits per heavy atom. The second-order valence-corrected chi connectivity index (χ2v) is 8.00. The van der Waals surface area contributed by atoms with Crippen molar-refractivity contribution in [2.75, 3.05) is 13.1 Å². The van der Waals surface area contributed by atoms with Gasteiger partial charge in [0.15, 0.2) is 0 Å². The fourth-order valence-corrected chi connectivity index (χ4v) is 4.37. The van der Waals surface area contributed by atoms with Crippen molar-refractivity contribution in [1.29, 1.82) is 0 Å². The molecular formula is C20H15Cl3FN3O2. The summed E-state index contributed by atoms with van der Waals surface area (Å²) in [4.78, 5) is 18.9. The van der Waals surface area contributed by atoms with Gasteiger partial charge in [0.1, 0.15) is 5.82 Å². The molecule has 29 heavy (non-hydrogen) atoms. The maximum Gasteiger partial charge on any atom is 0.256 e. The van der Waals surface area contributed by atoms with Gasteiger partial charge in [-0.05, 0) is 37.1 Å². The molecular weight excluding hydrogens is 440 g/mol. The molecule has 3 aromatic rings. The van der Waals surface area contributed by atoms with Crippen molar-refractivity contribution in [3.8, 4) is 11.4 Å². The number of benzene rings is 2. The summed E-state index contributed by atoms with van der Waals surface area (Å²) in [6, 6.07) is 9.26.